The molecular weight excluding hydrogens is 1650 g/mol. The normalized spacial score (nSPS) is 10.3. The number of carboxylic acids is 2. The van der Waals surface area contributed by atoms with Crippen molar-refractivity contribution in [1.82, 2.24) is 59.5 Å². The molecule has 0 saturated heterocycles. The van der Waals surface area contributed by atoms with Gasteiger partial charge in [-0.25, -0.2) is 66.5 Å². The minimum Gasteiger partial charge on any atom is -0.870 e. The summed E-state index contributed by atoms with van der Waals surface area (Å²) in [5, 5.41) is 64.1. The van der Waals surface area contributed by atoms with Crippen LogP contribution in [0.25, 0.3) is 54.5 Å². The van der Waals surface area contributed by atoms with E-state index in [1.807, 2.05) is 32.0 Å². The fourth-order valence-corrected chi connectivity index (χ4v) is 10.6. The standard InChI is InChI=1S/C15H13N5O4S.C15H15N5O2S.C8H4ClN3O2.C8H5N3O3.C8H7N3.C7H6N2O4.C2H4O2.CH4N2.Cl3OP.Na.H2O/c1-10-5-7-11(8-6-10)25(23,24)19-18-15-12-3-2-4-13(20(21)22)14(12)16-9-17-15;1-10-5-7-11(8-6-10)23(21,22)20-19-15-12-3-2-4-13(16)14(12)17-9-18-15;9-8-5-2-1-3-6(12(13)14)7(5)10-4-11-8;12-8-5-2-1-3-6(11(13)14)7(5)9-4-10-8;9-7-3-1-2-6-4-10-5-11-8(6)7;8-6-4(7(10)11)2-1-3-5(6)9(12)13;1-2(3)4;2-1-3;1-5(2,3)4;;/h2-9,19H,1H3,(H,16,17,18);2-9,20H,16H2,1H3,(H,17,18,19);1-4H;1-4H,(H,9,10,12);1-5H,9H2;1-3H,8H2,(H,10,11);1H3,(H,3,4);1H,(H3,2,3);;;1H2/q;;;;;;;;;+1;/p-1. The van der Waals surface area contributed by atoms with Gasteiger partial charge in [-0.05, 0) is 114 Å². The smallest absolute Gasteiger partial charge is 0.870 e. The summed E-state index contributed by atoms with van der Waals surface area (Å²) < 4.78 is 58.7. The first kappa shape index (κ1) is 95.6. The number of hydrogen-bond acceptors (Lipinski definition) is 32. The Bertz CT molecular complexity index is 5920. The number of aromatic nitrogens is 10. The minimum atomic E-state index is -3.83. The molecule has 0 atom stereocenters. The molecule has 0 radical (unpaired) electrons. The molecule has 0 spiro atoms. The Balaban J connectivity index is 0.000000350. The van der Waals surface area contributed by atoms with Crippen molar-refractivity contribution in [3.8, 4) is 0 Å². The number of anilines is 5. The number of non-ortho nitro benzene ring substituents is 3. The molecule has 590 valence electrons. The van der Waals surface area contributed by atoms with Crippen molar-refractivity contribution in [3.05, 3.63) is 268 Å². The molecule has 8 aromatic carbocycles. The van der Waals surface area contributed by atoms with E-state index in [9.17, 15) is 71.4 Å². The fourth-order valence-electron chi connectivity index (χ4n) is 8.67. The quantitative estimate of drug-likeness (QED) is 0.00753. The molecule has 5 heterocycles. The van der Waals surface area contributed by atoms with E-state index in [2.05, 4.69) is 110 Å². The summed E-state index contributed by atoms with van der Waals surface area (Å²) in [7, 11) is -7.53. The number of nitro benzene ring substituents is 4. The van der Waals surface area contributed by atoms with E-state index >= 15 is 0 Å². The molecule has 5 aromatic heterocycles. The Morgan fingerprint density at radius 3 is 1.32 bits per heavy atom. The second-order valence-electron chi connectivity index (χ2n) is 21.2. The number of carboxylic acid groups (broad SMARTS) is 2. The number of hydrogen-bond donors (Lipinski definition) is 12. The Morgan fingerprint density at radius 1 is 0.535 bits per heavy atom. The number of aryl methyl sites for hydroxylation is 2. The van der Waals surface area contributed by atoms with E-state index in [-0.39, 0.29) is 117 Å². The van der Waals surface area contributed by atoms with E-state index in [0.29, 0.717) is 38.9 Å². The molecule has 114 heavy (non-hydrogen) atoms. The number of nitrogens with zero attached hydrogens (tertiary/aromatic N) is 13. The van der Waals surface area contributed by atoms with Crippen LogP contribution in [0.15, 0.2) is 210 Å². The number of fused-ring (bicyclic) bond motifs is 5. The number of H-pyrrole nitrogens is 1. The van der Waals surface area contributed by atoms with Crippen LogP contribution in [0.4, 0.5) is 51.4 Å². The number of nitrogen functional groups attached to an aromatic ring is 3. The summed E-state index contributed by atoms with van der Waals surface area (Å²) in [5.74, 6) is -1.66. The third kappa shape index (κ3) is 29.0. The van der Waals surface area contributed by atoms with Crippen LogP contribution in [-0.4, -0.2) is 120 Å². The van der Waals surface area contributed by atoms with Crippen LogP contribution in [0.3, 0.4) is 0 Å². The molecule has 0 amide bonds. The summed E-state index contributed by atoms with van der Waals surface area (Å²) in [6, 6.07) is 40.6. The van der Waals surface area contributed by atoms with E-state index in [0.717, 1.165) is 54.0 Å². The van der Waals surface area contributed by atoms with Gasteiger partial charge in [0.1, 0.15) is 36.1 Å². The second-order valence-corrected chi connectivity index (χ2v) is 31.5. The first-order chi connectivity index (χ1) is 52.8. The van der Waals surface area contributed by atoms with Crippen LogP contribution in [0.5, 0.6) is 0 Å². The number of aliphatic carboxylic acids is 1. The predicted molar refractivity (Wildman–Crippen MR) is 422 cm³/mol. The van der Waals surface area contributed by atoms with Crippen molar-refractivity contribution < 1.29 is 95.9 Å². The van der Waals surface area contributed by atoms with Gasteiger partial charge in [0.2, 0.25) is 0 Å². The second kappa shape index (κ2) is 45.1. The van der Waals surface area contributed by atoms with Crippen LogP contribution < -0.4 is 78.6 Å². The van der Waals surface area contributed by atoms with Crippen LogP contribution in [0.2, 0.25) is 5.15 Å². The summed E-state index contributed by atoms with van der Waals surface area (Å²) in [5.41, 5.74) is 29.5. The Hall–Kier alpha value is -12.6. The van der Waals surface area contributed by atoms with Gasteiger partial charge in [0.15, 0.2) is 28.2 Å². The van der Waals surface area contributed by atoms with E-state index in [1.54, 1.807) is 66.9 Å². The number of rotatable bonds is 13. The number of halogens is 4. The molecule has 0 bridgehead atoms. The van der Waals surface area contributed by atoms with Crippen molar-refractivity contribution in [2.45, 2.75) is 30.6 Å². The molecular formula is C64H59Cl4N23NaO19PS2. The molecule has 17 N–H and O–H groups in total. The van der Waals surface area contributed by atoms with Crippen LogP contribution in [-0.2, 0) is 29.4 Å². The number of aromatic amines is 1. The number of nitro groups is 4. The molecule has 0 saturated carbocycles. The summed E-state index contributed by atoms with van der Waals surface area (Å²) in [6.45, 7) is 4.82. The number of hydrazine groups is 2. The molecule has 0 fully saturated rings. The van der Waals surface area contributed by atoms with Crippen LogP contribution >= 0.6 is 50.5 Å². The SMILES string of the molecule is CC(=O)O.Cc1ccc(S(=O)(=O)NNc2ncnc3c(N)cccc23)cc1.Cc1ccc(S(=O)(=O)NNc2ncnc3c([N+](=O)[O-])cccc23)cc1.N=CN.Nc1c(C(=O)O)cccc1[N+](=O)[O-].Nc1cccc2cncnc12.O=P(Cl)(Cl)Cl.O=[N+]([O-])c1cccc2c(Cl)ncnc12.O=c1[nH]cnc2c([N+](=O)[O-])cccc12.[Na+].[OH-]. The summed E-state index contributed by atoms with van der Waals surface area (Å²) in [4.78, 5) is 113. The number of sulfonamides is 2. The van der Waals surface area contributed by atoms with Crippen molar-refractivity contribution >= 4 is 195 Å². The van der Waals surface area contributed by atoms with Gasteiger partial charge in [0.05, 0.1) is 80.9 Å². The average Bonchev–Trinajstić information content (AvgIpc) is 0.809. The maximum Gasteiger partial charge on any atom is 1.00 e. The maximum absolute atomic E-state index is 12.3. The summed E-state index contributed by atoms with van der Waals surface area (Å²) >= 11 is 19.6. The molecule has 0 aliphatic heterocycles. The van der Waals surface area contributed by atoms with E-state index < -0.39 is 56.9 Å². The molecule has 0 aliphatic carbocycles. The van der Waals surface area contributed by atoms with Gasteiger partial charge in [-0.2, -0.15) is 0 Å². The predicted octanol–water partition coefficient (Wildman–Crippen LogP) is 8.37. The molecule has 0 aliphatic rings. The number of para-hydroxylation sites is 6. The Kier molecular flexibility index (Phi) is 37.8. The van der Waals surface area contributed by atoms with Gasteiger partial charge in [-0.15, -0.1) is 9.66 Å². The largest absolute Gasteiger partial charge is 1.00 e. The van der Waals surface area contributed by atoms with Gasteiger partial charge in [-0.3, -0.25) is 70.9 Å². The van der Waals surface area contributed by atoms with Crippen molar-refractivity contribution in [2.24, 2.45) is 5.73 Å². The first-order valence-electron chi connectivity index (χ1n) is 30.3. The van der Waals surface area contributed by atoms with Crippen molar-refractivity contribution in [2.75, 3.05) is 28.1 Å². The minimum absolute atomic E-state index is 0. The first-order valence-corrected chi connectivity index (χ1v) is 38.1. The number of carbonyl (C=O) groups is 2. The summed E-state index contributed by atoms with van der Waals surface area (Å²) in [6.07, 6.45) is 8.80. The van der Waals surface area contributed by atoms with Crippen molar-refractivity contribution in [3.63, 3.8) is 0 Å². The van der Waals surface area contributed by atoms with E-state index in [1.165, 1.54) is 91.8 Å². The van der Waals surface area contributed by atoms with Gasteiger partial charge >= 0.3 is 40.7 Å². The number of aromatic carboxylic acids is 1. The Morgan fingerprint density at radius 2 is 0.886 bits per heavy atom. The van der Waals surface area contributed by atoms with Gasteiger partial charge in [0.25, 0.3) is 54.3 Å². The zero-order valence-electron chi connectivity index (χ0n) is 58.8. The fraction of sp³-hybridized carbons (Fsp3) is 0.0469. The van der Waals surface area contributed by atoms with Crippen LogP contribution in [0.1, 0.15) is 28.4 Å². The maximum atomic E-state index is 12.3. The molecule has 13 aromatic rings. The number of benzene rings is 8. The number of nitrogens with two attached hydrogens (primary N) is 4. The average molecular weight is 1710 g/mol. The van der Waals surface area contributed by atoms with Crippen molar-refractivity contribution in [1.29, 1.82) is 5.41 Å². The molecule has 42 nitrogen and oxygen atoms in total. The third-order valence-electron chi connectivity index (χ3n) is 13.5. The van der Waals surface area contributed by atoms with E-state index in [4.69, 9.17) is 49.2 Å². The van der Waals surface area contributed by atoms with Gasteiger partial charge in [-0.1, -0.05) is 89.5 Å². The van der Waals surface area contributed by atoms with Gasteiger partial charge in [0, 0.05) is 53.5 Å². The zero-order chi connectivity index (χ0) is 83.2. The zero-order valence-corrected chi connectivity index (χ0v) is 66.4. The van der Waals surface area contributed by atoms with Crippen LogP contribution in [0, 0.1) is 59.7 Å². The Labute approximate surface area is 683 Å². The molecule has 0 unspecified atom stereocenters. The topological polar surface area (TPSA) is 687 Å². The molecule has 13 rings (SSSR count). The number of nitrogens with one attached hydrogen (secondary N) is 6. The molecule has 50 heteroatoms. The van der Waals surface area contributed by atoms with Gasteiger partial charge < -0.3 is 43.6 Å². The monoisotopic (exact) mass is 1710 g/mol. The third-order valence-corrected chi connectivity index (χ3v) is 16.3.